The van der Waals surface area contributed by atoms with E-state index in [9.17, 15) is 18.0 Å². The van der Waals surface area contributed by atoms with Gasteiger partial charge in [0.1, 0.15) is 0 Å². The fourth-order valence-corrected chi connectivity index (χ4v) is 1.16. The Morgan fingerprint density at radius 3 is 2.72 bits per heavy atom. The molecule has 8 heteroatoms. The summed E-state index contributed by atoms with van der Waals surface area (Å²) < 4.78 is 40.4. The van der Waals surface area contributed by atoms with Crippen LogP contribution in [0, 0.1) is 0 Å². The Balaban J connectivity index is 2.53. The Hall–Kier alpha value is -1.99. The van der Waals surface area contributed by atoms with Crippen LogP contribution in [0.5, 0.6) is 5.88 Å². The zero-order chi connectivity index (χ0) is 13.8. The highest BCUT2D eigenvalue weighted by molar-refractivity contribution is 5.93. The first-order chi connectivity index (χ1) is 8.29. The van der Waals surface area contributed by atoms with Crippen LogP contribution < -0.4 is 10.5 Å². The fourth-order valence-electron chi connectivity index (χ4n) is 1.16. The molecule has 0 aliphatic carbocycles. The molecule has 3 N–H and O–H groups in total. The number of carbonyl (C=O) groups is 1. The van der Waals surface area contributed by atoms with Crippen LogP contribution in [-0.2, 0) is 0 Å². The molecule has 0 aliphatic rings. The second-order valence-corrected chi connectivity index (χ2v) is 3.48. The standard InChI is InChI=1S/C10H11F3N2O3/c11-10(12,13)2-1-3-18-8-4-6(9(16)17)7(14)5-15-8/h4-5H,1-3,14H2,(H,16,17). The van der Waals surface area contributed by atoms with Gasteiger partial charge in [-0.2, -0.15) is 13.2 Å². The molecule has 0 saturated heterocycles. The summed E-state index contributed by atoms with van der Waals surface area (Å²) in [5, 5.41) is 8.76. The zero-order valence-corrected chi connectivity index (χ0v) is 9.20. The molecular formula is C10H11F3N2O3. The topological polar surface area (TPSA) is 85.4 Å². The molecule has 0 aliphatic heterocycles. The first-order valence-corrected chi connectivity index (χ1v) is 4.98. The lowest BCUT2D eigenvalue weighted by atomic mass is 10.2. The molecule has 1 aromatic heterocycles. The van der Waals surface area contributed by atoms with E-state index in [0.29, 0.717) is 0 Å². The predicted octanol–water partition coefficient (Wildman–Crippen LogP) is 2.08. The number of aromatic nitrogens is 1. The lowest BCUT2D eigenvalue weighted by Gasteiger charge is -2.08. The van der Waals surface area contributed by atoms with Crippen molar-refractivity contribution >= 4 is 11.7 Å². The van der Waals surface area contributed by atoms with Crippen molar-refractivity contribution in [2.45, 2.75) is 19.0 Å². The monoisotopic (exact) mass is 264 g/mol. The average Bonchev–Trinajstić information content (AvgIpc) is 2.24. The summed E-state index contributed by atoms with van der Waals surface area (Å²) in [7, 11) is 0. The summed E-state index contributed by atoms with van der Waals surface area (Å²) in [4.78, 5) is 14.4. The van der Waals surface area contributed by atoms with E-state index >= 15 is 0 Å². The second kappa shape index (κ2) is 5.56. The van der Waals surface area contributed by atoms with Gasteiger partial charge in [-0.1, -0.05) is 0 Å². The molecular weight excluding hydrogens is 253 g/mol. The largest absolute Gasteiger partial charge is 0.478 e. The van der Waals surface area contributed by atoms with Gasteiger partial charge in [-0.15, -0.1) is 0 Å². The molecule has 0 atom stereocenters. The Kier molecular flexibility index (Phi) is 4.35. The van der Waals surface area contributed by atoms with Crippen LogP contribution in [0.15, 0.2) is 12.3 Å². The van der Waals surface area contributed by atoms with Gasteiger partial charge in [0.25, 0.3) is 0 Å². The molecule has 0 spiro atoms. The number of pyridine rings is 1. The third-order valence-corrected chi connectivity index (χ3v) is 1.99. The molecule has 18 heavy (non-hydrogen) atoms. The maximum absolute atomic E-state index is 11.8. The van der Waals surface area contributed by atoms with Crippen LogP contribution in [0.4, 0.5) is 18.9 Å². The fraction of sp³-hybridized carbons (Fsp3) is 0.400. The highest BCUT2D eigenvalue weighted by Crippen LogP contribution is 2.22. The van der Waals surface area contributed by atoms with E-state index in [2.05, 4.69) is 4.98 Å². The van der Waals surface area contributed by atoms with Crippen LogP contribution in [0.1, 0.15) is 23.2 Å². The number of anilines is 1. The van der Waals surface area contributed by atoms with Crippen molar-refractivity contribution in [2.24, 2.45) is 0 Å². The number of alkyl halides is 3. The molecule has 0 unspecified atom stereocenters. The van der Waals surface area contributed by atoms with Crippen molar-refractivity contribution in [3.05, 3.63) is 17.8 Å². The van der Waals surface area contributed by atoms with Crippen molar-refractivity contribution < 1.29 is 27.8 Å². The molecule has 0 amide bonds. The number of nitrogens with two attached hydrogens (primary N) is 1. The summed E-state index contributed by atoms with van der Waals surface area (Å²) in [6.45, 7) is -0.199. The Labute approximate surface area is 100 Å². The minimum Gasteiger partial charge on any atom is -0.478 e. The lowest BCUT2D eigenvalue weighted by Crippen LogP contribution is -2.10. The van der Waals surface area contributed by atoms with E-state index in [1.54, 1.807) is 0 Å². The van der Waals surface area contributed by atoms with E-state index in [-0.39, 0.29) is 30.2 Å². The number of nitrogen functional groups attached to an aromatic ring is 1. The number of rotatable bonds is 5. The predicted molar refractivity (Wildman–Crippen MR) is 56.4 cm³/mol. The molecule has 0 saturated carbocycles. The lowest BCUT2D eigenvalue weighted by molar-refractivity contribution is -0.136. The van der Waals surface area contributed by atoms with Crippen LogP contribution in [0.2, 0.25) is 0 Å². The number of hydrogen-bond acceptors (Lipinski definition) is 4. The van der Waals surface area contributed by atoms with E-state index in [4.69, 9.17) is 15.6 Å². The van der Waals surface area contributed by atoms with Gasteiger partial charge in [0.2, 0.25) is 5.88 Å². The molecule has 0 aromatic carbocycles. The summed E-state index contributed by atoms with van der Waals surface area (Å²) in [5.74, 6) is -1.32. The number of hydrogen-bond donors (Lipinski definition) is 2. The van der Waals surface area contributed by atoms with E-state index < -0.39 is 18.6 Å². The summed E-state index contributed by atoms with van der Waals surface area (Å²) in [5.41, 5.74) is 5.12. The van der Waals surface area contributed by atoms with E-state index in [1.807, 2.05) is 0 Å². The first kappa shape index (κ1) is 14.1. The van der Waals surface area contributed by atoms with Crippen LogP contribution in [0.25, 0.3) is 0 Å². The zero-order valence-electron chi connectivity index (χ0n) is 9.20. The first-order valence-electron chi connectivity index (χ1n) is 4.98. The molecule has 1 aromatic rings. The number of carboxylic acid groups (broad SMARTS) is 1. The van der Waals surface area contributed by atoms with Gasteiger partial charge in [0.05, 0.1) is 24.1 Å². The molecule has 0 fully saturated rings. The molecule has 0 bridgehead atoms. The third kappa shape index (κ3) is 4.48. The van der Waals surface area contributed by atoms with Gasteiger partial charge >= 0.3 is 12.1 Å². The van der Waals surface area contributed by atoms with Gasteiger partial charge < -0.3 is 15.6 Å². The molecule has 5 nitrogen and oxygen atoms in total. The SMILES string of the molecule is Nc1cnc(OCCCC(F)(F)F)cc1C(=O)O. The number of carboxylic acids is 1. The second-order valence-electron chi connectivity index (χ2n) is 3.48. The minimum atomic E-state index is -4.23. The average molecular weight is 264 g/mol. The van der Waals surface area contributed by atoms with Gasteiger partial charge in [0.15, 0.2) is 0 Å². The summed E-state index contributed by atoms with van der Waals surface area (Å²) in [6.07, 6.45) is -4.33. The Morgan fingerprint density at radius 1 is 1.50 bits per heavy atom. The van der Waals surface area contributed by atoms with E-state index in [1.165, 1.54) is 0 Å². The third-order valence-electron chi connectivity index (χ3n) is 1.99. The summed E-state index contributed by atoms with van der Waals surface area (Å²) >= 11 is 0. The minimum absolute atomic E-state index is 0.0369. The number of halogens is 3. The van der Waals surface area contributed by atoms with Crippen molar-refractivity contribution in [1.29, 1.82) is 0 Å². The normalized spacial score (nSPS) is 11.3. The highest BCUT2D eigenvalue weighted by atomic mass is 19.4. The maximum Gasteiger partial charge on any atom is 0.389 e. The van der Waals surface area contributed by atoms with Crippen molar-refractivity contribution in [3.63, 3.8) is 0 Å². The maximum atomic E-state index is 11.8. The van der Waals surface area contributed by atoms with Crippen molar-refractivity contribution in [1.82, 2.24) is 4.98 Å². The quantitative estimate of drug-likeness (QED) is 0.795. The number of aromatic carboxylic acids is 1. The molecule has 100 valence electrons. The van der Waals surface area contributed by atoms with Gasteiger partial charge in [-0.05, 0) is 6.42 Å². The van der Waals surface area contributed by atoms with Crippen LogP contribution >= 0.6 is 0 Å². The Bertz CT molecular complexity index is 435. The molecule has 0 radical (unpaired) electrons. The Morgan fingerprint density at radius 2 is 2.17 bits per heavy atom. The van der Waals surface area contributed by atoms with Gasteiger partial charge in [-0.3, -0.25) is 0 Å². The van der Waals surface area contributed by atoms with Crippen LogP contribution in [0.3, 0.4) is 0 Å². The highest BCUT2D eigenvalue weighted by Gasteiger charge is 2.26. The number of nitrogens with zero attached hydrogens (tertiary/aromatic N) is 1. The molecule has 1 heterocycles. The van der Waals surface area contributed by atoms with Crippen molar-refractivity contribution in [2.75, 3.05) is 12.3 Å². The van der Waals surface area contributed by atoms with Gasteiger partial charge in [-0.25, -0.2) is 9.78 Å². The van der Waals surface area contributed by atoms with E-state index in [0.717, 1.165) is 12.3 Å². The van der Waals surface area contributed by atoms with Crippen LogP contribution in [-0.4, -0.2) is 28.8 Å². The number of ether oxygens (including phenoxy) is 1. The van der Waals surface area contributed by atoms with Gasteiger partial charge in [0, 0.05) is 12.5 Å². The van der Waals surface area contributed by atoms with Crippen molar-refractivity contribution in [3.8, 4) is 5.88 Å². The molecule has 1 rings (SSSR count). The smallest absolute Gasteiger partial charge is 0.389 e. The summed E-state index contributed by atoms with van der Waals surface area (Å²) in [6, 6.07) is 1.07.